The van der Waals surface area contributed by atoms with E-state index in [1.54, 1.807) is 14.0 Å². The van der Waals surface area contributed by atoms with Crippen molar-refractivity contribution in [3.05, 3.63) is 35.7 Å². The summed E-state index contributed by atoms with van der Waals surface area (Å²) in [7, 11) is 5.60. The molecule has 106 valence electrons. The number of nitrogens with zero attached hydrogens (tertiary/aromatic N) is 3. The third kappa shape index (κ3) is 2.59. The Morgan fingerprint density at radius 3 is 2.65 bits per heavy atom. The normalized spacial score (nSPS) is 10.4. The summed E-state index contributed by atoms with van der Waals surface area (Å²) in [6.07, 6.45) is 0. The average Bonchev–Trinajstić information content (AvgIpc) is 2.63. The van der Waals surface area contributed by atoms with E-state index >= 15 is 0 Å². The summed E-state index contributed by atoms with van der Waals surface area (Å²) in [5.74, 6) is -0.262. The minimum atomic E-state index is -0.262. The van der Waals surface area contributed by atoms with Gasteiger partial charge in [0, 0.05) is 32.5 Å². The highest BCUT2D eigenvalue weighted by molar-refractivity contribution is 6.06. The highest BCUT2D eigenvalue weighted by atomic mass is 16.2. The molecule has 0 unspecified atom stereocenters. The van der Waals surface area contributed by atoms with E-state index in [4.69, 9.17) is 5.73 Å². The molecule has 0 bridgehead atoms. The van der Waals surface area contributed by atoms with E-state index in [-0.39, 0.29) is 5.91 Å². The van der Waals surface area contributed by atoms with Gasteiger partial charge in [0.25, 0.3) is 5.91 Å². The molecule has 0 aliphatic carbocycles. The molecule has 3 N–H and O–H groups in total. The molecule has 20 heavy (non-hydrogen) atoms. The molecule has 0 spiro atoms. The zero-order chi connectivity index (χ0) is 14.9. The van der Waals surface area contributed by atoms with Crippen LogP contribution in [0, 0.1) is 6.92 Å². The fourth-order valence-electron chi connectivity index (χ4n) is 2.00. The van der Waals surface area contributed by atoms with Crippen LogP contribution < -0.4 is 16.0 Å². The molecule has 1 amide bonds. The topological polar surface area (TPSA) is 76.2 Å². The van der Waals surface area contributed by atoms with Crippen molar-refractivity contribution in [2.24, 2.45) is 7.05 Å². The predicted octanol–water partition coefficient (Wildman–Crippen LogP) is 1.63. The lowest BCUT2D eigenvalue weighted by molar-refractivity contribution is 0.101. The standard InChI is InChI=1S/C14H19N5O/c1-9-12(15)13(19(4)17-9)14(20)16-10-6-5-7-11(8-10)18(2)3/h5-8H,15H2,1-4H3,(H,16,20). The van der Waals surface area contributed by atoms with E-state index in [0.29, 0.717) is 17.1 Å². The first-order chi connectivity index (χ1) is 9.40. The molecule has 0 aliphatic heterocycles. The number of anilines is 3. The number of hydrogen-bond acceptors (Lipinski definition) is 4. The van der Waals surface area contributed by atoms with Gasteiger partial charge in [-0.15, -0.1) is 0 Å². The Hall–Kier alpha value is -2.50. The van der Waals surface area contributed by atoms with Crippen molar-refractivity contribution in [3.8, 4) is 0 Å². The number of aromatic nitrogens is 2. The Morgan fingerprint density at radius 2 is 2.10 bits per heavy atom. The number of carbonyl (C=O) groups is 1. The number of nitrogens with one attached hydrogen (secondary N) is 1. The van der Waals surface area contributed by atoms with Gasteiger partial charge in [0.1, 0.15) is 5.69 Å². The molecular formula is C14H19N5O. The molecule has 0 atom stereocenters. The quantitative estimate of drug-likeness (QED) is 0.891. The highest BCUT2D eigenvalue weighted by Gasteiger charge is 2.18. The summed E-state index contributed by atoms with van der Waals surface area (Å²) < 4.78 is 1.50. The fraction of sp³-hybridized carbons (Fsp3) is 0.286. The van der Waals surface area contributed by atoms with Crippen molar-refractivity contribution < 1.29 is 4.79 Å². The molecule has 6 heteroatoms. The molecule has 1 heterocycles. The first-order valence-electron chi connectivity index (χ1n) is 6.28. The van der Waals surface area contributed by atoms with Gasteiger partial charge in [-0.05, 0) is 25.1 Å². The monoisotopic (exact) mass is 273 g/mol. The average molecular weight is 273 g/mol. The molecule has 1 aromatic carbocycles. The van der Waals surface area contributed by atoms with E-state index < -0.39 is 0 Å². The molecule has 2 aromatic rings. The zero-order valence-electron chi connectivity index (χ0n) is 12.1. The summed E-state index contributed by atoms with van der Waals surface area (Å²) in [4.78, 5) is 14.3. The van der Waals surface area contributed by atoms with Crippen molar-refractivity contribution in [1.29, 1.82) is 0 Å². The van der Waals surface area contributed by atoms with Crippen LogP contribution in [0.2, 0.25) is 0 Å². The van der Waals surface area contributed by atoms with Crippen LogP contribution in [0.25, 0.3) is 0 Å². The summed E-state index contributed by atoms with van der Waals surface area (Å²) in [6, 6.07) is 7.60. The van der Waals surface area contributed by atoms with Crippen LogP contribution in [0.4, 0.5) is 17.1 Å². The summed E-state index contributed by atoms with van der Waals surface area (Å²) >= 11 is 0. The minimum Gasteiger partial charge on any atom is -0.395 e. The van der Waals surface area contributed by atoms with Gasteiger partial charge in [-0.25, -0.2) is 0 Å². The highest BCUT2D eigenvalue weighted by Crippen LogP contribution is 2.20. The second kappa shape index (κ2) is 5.24. The van der Waals surface area contributed by atoms with Gasteiger partial charge in [0.05, 0.1) is 11.4 Å². The van der Waals surface area contributed by atoms with Crippen LogP contribution >= 0.6 is 0 Å². The molecule has 0 saturated heterocycles. The van der Waals surface area contributed by atoms with Gasteiger partial charge in [-0.3, -0.25) is 9.48 Å². The van der Waals surface area contributed by atoms with Crippen molar-refractivity contribution >= 4 is 23.0 Å². The molecule has 0 radical (unpaired) electrons. The lowest BCUT2D eigenvalue weighted by Crippen LogP contribution is -2.18. The Balaban J connectivity index is 2.26. The van der Waals surface area contributed by atoms with E-state index in [1.165, 1.54) is 4.68 Å². The van der Waals surface area contributed by atoms with Crippen LogP contribution in [0.15, 0.2) is 24.3 Å². The molecule has 2 rings (SSSR count). The second-order valence-electron chi connectivity index (χ2n) is 4.87. The van der Waals surface area contributed by atoms with Crippen molar-refractivity contribution in [2.75, 3.05) is 30.0 Å². The Bertz CT molecular complexity index is 645. The molecule has 6 nitrogen and oxygen atoms in total. The van der Waals surface area contributed by atoms with E-state index in [0.717, 1.165) is 11.4 Å². The number of carbonyl (C=O) groups excluding carboxylic acids is 1. The third-order valence-electron chi connectivity index (χ3n) is 3.10. The Morgan fingerprint density at radius 1 is 1.40 bits per heavy atom. The van der Waals surface area contributed by atoms with E-state index in [9.17, 15) is 4.79 Å². The largest absolute Gasteiger partial charge is 0.395 e. The predicted molar refractivity (Wildman–Crippen MR) is 81.1 cm³/mol. The second-order valence-corrected chi connectivity index (χ2v) is 4.87. The zero-order valence-corrected chi connectivity index (χ0v) is 12.1. The van der Waals surface area contributed by atoms with Crippen molar-refractivity contribution in [2.45, 2.75) is 6.92 Å². The summed E-state index contributed by atoms with van der Waals surface area (Å²) in [5, 5.41) is 6.98. The van der Waals surface area contributed by atoms with Gasteiger partial charge in [-0.1, -0.05) is 6.07 Å². The van der Waals surface area contributed by atoms with Gasteiger partial charge in [0.15, 0.2) is 0 Å². The van der Waals surface area contributed by atoms with E-state index in [1.807, 2.05) is 43.3 Å². The lowest BCUT2D eigenvalue weighted by Gasteiger charge is -2.14. The number of aryl methyl sites for hydroxylation is 2. The molecule has 0 aliphatic rings. The van der Waals surface area contributed by atoms with Crippen LogP contribution in [-0.4, -0.2) is 29.8 Å². The number of hydrogen-bond donors (Lipinski definition) is 2. The smallest absolute Gasteiger partial charge is 0.276 e. The molecule has 0 saturated carbocycles. The fourth-order valence-corrected chi connectivity index (χ4v) is 2.00. The first-order valence-corrected chi connectivity index (χ1v) is 6.28. The van der Waals surface area contributed by atoms with E-state index in [2.05, 4.69) is 10.4 Å². The maximum Gasteiger partial charge on any atom is 0.276 e. The van der Waals surface area contributed by atoms with Crippen LogP contribution in [0.3, 0.4) is 0 Å². The van der Waals surface area contributed by atoms with Crippen LogP contribution in [-0.2, 0) is 7.05 Å². The molecule has 1 aromatic heterocycles. The van der Waals surface area contributed by atoms with Crippen LogP contribution in [0.1, 0.15) is 16.2 Å². The lowest BCUT2D eigenvalue weighted by atomic mass is 10.2. The molecule has 0 fully saturated rings. The van der Waals surface area contributed by atoms with Gasteiger partial charge < -0.3 is 16.0 Å². The minimum absolute atomic E-state index is 0.262. The number of benzene rings is 1. The van der Waals surface area contributed by atoms with Gasteiger partial charge >= 0.3 is 0 Å². The van der Waals surface area contributed by atoms with Gasteiger partial charge in [0.2, 0.25) is 0 Å². The maximum absolute atomic E-state index is 12.3. The third-order valence-corrected chi connectivity index (χ3v) is 3.10. The van der Waals surface area contributed by atoms with Crippen molar-refractivity contribution in [3.63, 3.8) is 0 Å². The number of nitrogens with two attached hydrogens (primary N) is 1. The SMILES string of the molecule is Cc1nn(C)c(C(=O)Nc2cccc(N(C)C)c2)c1N. The summed E-state index contributed by atoms with van der Waals surface area (Å²) in [5.41, 5.74) is 9.05. The first kappa shape index (κ1) is 13.9. The maximum atomic E-state index is 12.3. The molecular weight excluding hydrogens is 254 g/mol. The summed E-state index contributed by atoms with van der Waals surface area (Å²) in [6.45, 7) is 1.78. The van der Waals surface area contributed by atoms with Gasteiger partial charge in [-0.2, -0.15) is 5.10 Å². The van der Waals surface area contributed by atoms with Crippen molar-refractivity contribution in [1.82, 2.24) is 9.78 Å². The Kier molecular flexibility index (Phi) is 3.65. The number of amides is 1. The number of nitrogen functional groups attached to an aromatic ring is 1. The Labute approximate surface area is 118 Å². The van der Waals surface area contributed by atoms with Crippen LogP contribution in [0.5, 0.6) is 0 Å². The number of rotatable bonds is 3.